The van der Waals surface area contributed by atoms with Gasteiger partial charge in [0.25, 0.3) is 0 Å². The van der Waals surface area contributed by atoms with Crippen LogP contribution in [0.25, 0.3) is 83.7 Å². The normalized spacial score (nSPS) is 11.5. The SMILES string of the molecule is c1ccc(-c2cc(-c3ccccc3)nc(-c3cccc(-n4c5ccccc5c5c6oc(-c7ccccc7)nc6ccc54)c3)c2)cc1. The molecule has 0 amide bonds. The van der Waals surface area contributed by atoms with Crippen molar-refractivity contribution in [2.24, 2.45) is 0 Å². The van der Waals surface area contributed by atoms with E-state index < -0.39 is 0 Å². The van der Waals surface area contributed by atoms with Crippen LogP contribution in [0.5, 0.6) is 0 Å². The number of rotatable bonds is 5. The largest absolute Gasteiger partial charge is 0.435 e. The molecule has 6 aromatic carbocycles. The summed E-state index contributed by atoms with van der Waals surface area (Å²) in [4.78, 5) is 10.0. The van der Waals surface area contributed by atoms with Crippen LogP contribution >= 0.6 is 0 Å². The van der Waals surface area contributed by atoms with Crippen molar-refractivity contribution in [2.75, 3.05) is 0 Å². The first kappa shape index (κ1) is 26.2. The van der Waals surface area contributed by atoms with Crippen LogP contribution in [0.1, 0.15) is 0 Å². The Morgan fingerprint density at radius 2 is 1.07 bits per heavy atom. The monoisotopic (exact) mass is 589 g/mol. The third kappa shape index (κ3) is 4.39. The molecular formula is C42H27N3O. The van der Waals surface area contributed by atoms with Gasteiger partial charge in [-0.05, 0) is 65.7 Å². The molecule has 0 aliphatic heterocycles. The van der Waals surface area contributed by atoms with Crippen LogP contribution < -0.4 is 0 Å². The van der Waals surface area contributed by atoms with E-state index in [1.807, 2.05) is 42.5 Å². The van der Waals surface area contributed by atoms with E-state index in [4.69, 9.17) is 14.4 Å². The zero-order valence-corrected chi connectivity index (χ0v) is 24.8. The van der Waals surface area contributed by atoms with Crippen molar-refractivity contribution >= 4 is 32.9 Å². The predicted octanol–water partition coefficient (Wildman–Crippen LogP) is 11.0. The predicted molar refractivity (Wildman–Crippen MR) is 188 cm³/mol. The quantitative estimate of drug-likeness (QED) is 0.201. The number of pyridine rings is 1. The molecule has 3 heterocycles. The second-order valence-electron chi connectivity index (χ2n) is 11.5. The third-order valence-corrected chi connectivity index (χ3v) is 8.61. The lowest BCUT2D eigenvalue weighted by Gasteiger charge is -2.13. The highest BCUT2D eigenvalue weighted by molar-refractivity contribution is 6.19. The van der Waals surface area contributed by atoms with Crippen LogP contribution in [0.3, 0.4) is 0 Å². The summed E-state index contributed by atoms with van der Waals surface area (Å²) in [5.41, 5.74) is 12.1. The van der Waals surface area contributed by atoms with E-state index in [2.05, 4.69) is 126 Å². The van der Waals surface area contributed by atoms with Gasteiger partial charge in [-0.3, -0.25) is 0 Å². The minimum Gasteiger partial charge on any atom is -0.435 e. The maximum absolute atomic E-state index is 6.49. The minimum absolute atomic E-state index is 0.625. The van der Waals surface area contributed by atoms with Crippen LogP contribution in [0.2, 0.25) is 0 Å². The number of hydrogen-bond acceptors (Lipinski definition) is 3. The molecule has 9 rings (SSSR count). The van der Waals surface area contributed by atoms with Gasteiger partial charge >= 0.3 is 0 Å². The second-order valence-corrected chi connectivity index (χ2v) is 11.5. The number of hydrogen-bond donors (Lipinski definition) is 0. The Morgan fingerprint density at radius 1 is 0.435 bits per heavy atom. The summed E-state index contributed by atoms with van der Waals surface area (Å²) in [5, 5.41) is 2.18. The van der Waals surface area contributed by atoms with Crippen molar-refractivity contribution < 1.29 is 4.42 Å². The fourth-order valence-corrected chi connectivity index (χ4v) is 6.46. The molecule has 0 atom stereocenters. The van der Waals surface area contributed by atoms with E-state index in [0.717, 1.165) is 77.8 Å². The van der Waals surface area contributed by atoms with Gasteiger partial charge in [0, 0.05) is 27.8 Å². The molecule has 0 fully saturated rings. The number of nitrogens with zero attached hydrogens (tertiary/aromatic N) is 3. The van der Waals surface area contributed by atoms with Gasteiger partial charge in [0.1, 0.15) is 5.52 Å². The number of aromatic nitrogens is 3. The molecule has 0 spiro atoms. The Hall–Kier alpha value is -6.26. The minimum atomic E-state index is 0.625. The number of para-hydroxylation sites is 1. The summed E-state index contributed by atoms with van der Waals surface area (Å²) in [6.07, 6.45) is 0. The maximum atomic E-state index is 6.49. The molecule has 0 aliphatic rings. The zero-order valence-electron chi connectivity index (χ0n) is 24.8. The Labute approximate surface area is 265 Å². The molecule has 0 aliphatic carbocycles. The van der Waals surface area contributed by atoms with E-state index in [1.165, 1.54) is 0 Å². The molecule has 3 aromatic heterocycles. The summed E-state index contributed by atoms with van der Waals surface area (Å²) in [7, 11) is 0. The van der Waals surface area contributed by atoms with Gasteiger partial charge in [-0.2, -0.15) is 0 Å². The summed E-state index contributed by atoms with van der Waals surface area (Å²) in [5.74, 6) is 0.625. The summed E-state index contributed by atoms with van der Waals surface area (Å²) >= 11 is 0. The molecule has 9 aromatic rings. The van der Waals surface area contributed by atoms with Gasteiger partial charge in [-0.1, -0.05) is 109 Å². The third-order valence-electron chi connectivity index (χ3n) is 8.61. The Morgan fingerprint density at radius 3 is 1.83 bits per heavy atom. The molecule has 0 saturated heterocycles. The van der Waals surface area contributed by atoms with Crippen molar-refractivity contribution in [3.8, 4) is 50.8 Å². The van der Waals surface area contributed by atoms with Crippen LogP contribution in [0.4, 0.5) is 0 Å². The van der Waals surface area contributed by atoms with Crippen LogP contribution in [-0.2, 0) is 0 Å². The van der Waals surface area contributed by atoms with Crippen molar-refractivity contribution in [1.29, 1.82) is 0 Å². The van der Waals surface area contributed by atoms with Gasteiger partial charge in [0.05, 0.1) is 27.8 Å². The topological polar surface area (TPSA) is 43.9 Å². The Balaban J connectivity index is 1.24. The lowest BCUT2D eigenvalue weighted by atomic mass is 10.00. The average Bonchev–Trinajstić information content (AvgIpc) is 3.72. The lowest BCUT2D eigenvalue weighted by molar-refractivity contribution is 0.623. The smallest absolute Gasteiger partial charge is 0.227 e. The van der Waals surface area contributed by atoms with Gasteiger partial charge in [-0.25, -0.2) is 9.97 Å². The van der Waals surface area contributed by atoms with E-state index in [-0.39, 0.29) is 0 Å². The van der Waals surface area contributed by atoms with Crippen LogP contribution in [0.15, 0.2) is 168 Å². The summed E-state index contributed by atoms with van der Waals surface area (Å²) < 4.78 is 8.81. The molecule has 0 saturated carbocycles. The summed E-state index contributed by atoms with van der Waals surface area (Å²) in [6.45, 7) is 0. The standard InChI is InChI=1S/C42H27N3O/c1-4-13-28(14-5-1)32-26-36(29-15-6-2-7-16-29)43-37(27-32)31-19-12-20-33(25-31)45-38-22-11-10-21-34(38)40-39(45)24-23-35-41(40)46-42(44-35)30-17-8-3-9-18-30/h1-27H. The molecular weight excluding hydrogens is 562 g/mol. The molecule has 0 N–H and O–H groups in total. The van der Waals surface area contributed by atoms with Gasteiger partial charge < -0.3 is 8.98 Å². The lowest BCUT2D eigenvalue weighted by Crippen LogP contribution is -1.96. The first-order valence-corrected chi connectivity index (χ1v) is 15.4. The van der Waals surface area contributed by atoms with Crippen molar-refractivity contribution in [1.82, 2.24) is 14.5 Å². The molecule has 4 nitrogen and oxygen atoms in total. The number of fused-ring (bicyclic) bond motifs is 5. The van der Waals surface area contributed by atoms with E-state index in [1.54, 1.807) is 0 Å². The first-order valence-electron chi connectivity index (χ1n) is 15.4. The highest BCUT2D eigenvalue weighted by atomic mass is 16.3. The van der Waals surface area contributed by atoms with Crippen molar-refractivity contribution in [3.05, 3.63) is 164 Å². The summed E-state index contributed by atoms with van der Waals surface area (Å²) in [6, 6.07) is 56.7. The molecule has 0 unspecified atom stereocenters. The van der Waals surface area contributed by atoms with Crippen LogP contribution in [-0.4, -0.2) is 14.5 Å². The first-order chi connectivity index (χ1) is 22.8. The van der Waals surface area contributed by atoms with Crippen molar-refractivity contribution in [2.45, 2.75) is 0 Å². The van der Waals surface area contributed by atoms with E-state index >= 15 is 0 Å². The molecule has 46 heavy (non-hydrogen) atoms. The van der Waals surface area contributed by atoms with Gasteiger partial charge in [0.2, 0.25) is 5.89 Å². The molecule has 216 valence electrons. The highest BCUT2D eigenvalue weighted by Gasteiger charge is 2.19. The number of benzene rings is 6. The second kappa shape index (κ2) is 10.7. The fourth-order valence-electron chi connectivity index (χ4n) is 6.46. The molecule has 4 heteroatoms. The Bertz CT molecular complexity index is 2460. The average molecular weight is 590 g/mol. The molecule has 0 bridgehead atoms. The zero-order chi connectivity index (χ0) is 30.5. The van der Waals surface area contributed by atoms with E-state index in [0.29, 0.717) is 5.89 Å². The van der Waals surface area contributed by atoms with Gasteiger partial charge in [-0.15, -0.1) is 0 Å². The maximum Gasteiger partial charge on any atom is 0.227 e. The highest BCUT2D eigenvalue weighted by Crippen LogP contribution is 2.39. The fraction of sp³-hybridized carbons (Fsp3) is 0. The van der Waals surface area contributed by atoms with Crippen molar-refractivity contribution in [3.63, 3.8) is 0 Å². The molecule has 0 radical (unpaired) electrons. The Kier molecular flexibility index (Phi) is 6.10. The van der Waals surface area contributed by atoms with Crippen LogP contribution in [0, 0.1) is 0 Å². The van der Waals surface area contributed by atoms with Gasteiger partial charge in [0.15, 0.2) is 5.58 Å². The van der Waals surface area contributed by atoms with E-state index in [9.17, 15) is 0 Å². The number of oxazole rings is 1.